The third-order valence-electron chi connectivity index (χ3n) is 5.47. The van der Waals surface area contributed by atoms with Gasteiger partial charge in [-0.1, -0.05) is 29.3 Å². The summed E-state index contributed by atoms with van der Waals surface area (Å²) in [6.07, 6.45) is 0. The topological polar surface area (TPSA) is 82.0 Å². The Morgan fingerprint density at radius 3 is 2.37 bits per heavy atom. The molecule has 3 aromatic carbocycles. The molecule has 1 aliphatic carbocycles. The Hall–Kier alpha value is -2.89. The molecule has 1 aliphatic rings. The van der Waals surface area contributed by atoms with Gasteiger partial charge in [0.15, 0.2) is 0 Å². The Morgan fingerprint density at radius 1 is 0.943 bits per heavy atom. The van der Waals surface area contributed by atoms with Gasteiger partial charge in [-0.05, 0) is 54.1 Å². The van der Waals surface area contributed by atoms with Gasteiger partial charge in [0.25, 0.3) is 5.91 Å². The van der Waals surface area contributed by atoms with E-state index in [2.05, 4.69) is 10.6 Å². The van der Waals surface area contributed by atoms with E-state index in [0.717, 1.165) is 18.2 Å². The third-order valence-corrected chi connectivity index (χ3v) is 7.03. The lowest BCUT2D eigenvalue weighted by atomic mass is 10.1. The Balaban J connectivity index is 1.52. The number of hydrogen-bond donors (Lipinski definition) is 2. The van der Waals surface area contributed by atoms with E-state index in [1.165, 1.54) is 36.4 Å². The number of halogens is 6. The summed E-state index contributed by atoms with van der Waals surface area (Å²) in [6, 6.07) is 13.3. The summed E-state index contributed by atoms with van der Waals surface area (Å²) in [7, 11) is 0. The van der Waals surface area contributed by atoms with Crippen molar-refractivity contribution in [2.75, 3.05) is 10.6 Å². The highest BCUT2D eigenvalue weighted by atomic mass is 35.5. The zero-order valence-corrected chi connectivity index (χ0v) is 20.4. The van der Waals surface area contributed by atoms with Gasteiger partial charge in [0.1, 0.15) is 22.0 Å². The minimum atomic E-state index is -1.44. The highest BCUT2D eigenvalue weighted by Crippen LogP contribution is 2.65. The molecule has 0 bridgehead atoms. The normalized spacial score (nSPS) is 17.9. The Kier molecular flexibility index (Phi) is 6.94. The van der Waals surface area contributed by atoms with Gasteiger partial charge in [-0.15, -0.1) is 23.2 Å². The van der Waals surface area contributed by atoms with E-state index < -0.39 is 39.6 Å². The number of hydrogen-bond acceptors (Lipinski definition) is 3. The summed E-state index contributed by atoms with van der Waals surface area (Å²) < 4.78 is 25.4. The summed E-state index contributed by atoms with van der Waals surface area (Å²) >= 11 is 24.6. The van der Waals surface area contributed by atoms with E-state index in [-0.39, 0.29) is 32.5 Å². The molecule has 2 N–H and O–H groups in total. The molecule has 0 spiro atoms. The van der Waals surface area contributed by atoms with E-state index in [0.29, 0.717) is 5.56 Å². The molecular weight excluding hydrogens is 542 g/mol. The van der Waals surface area contributed by atoms with Crippen LogP contribution in [0.3, 0.4) is 0 Å². The molecule has 35 heavy (non-hydrogen) atoms. The fraction of sp³-hybridized carbons (Fsp3) is 0.125. The second-order valence-electron chi connectivity index (χ2n) is 7.74. The van der Waals surface area contributed by atoms with E-state index in [1.54, 1.807) is 6.07 Å². The Morgan fingerprint density at radius 2 is 1.69 bits per heavy atom. The lowest BCUT2D eigenvalue weighted by molar-refractivity contribution is -0.117. The monoisotopic (exact) mass is 553 g/mol. The largest absolute Gasteiger partial charge is 0.326 e. The van der Waals surface area contributed by atoms with Crippen molar-refractivity contribution in [3.05, 3.63) is 93.0 Å². The Labute approximate surface area is 218 Å². The van der Waals surface area contributed by atoms with E-state index >= 15 is 0 Å². The van der Waals surface area contributed by atoms with Crippen molar-refractivity contribution in [2.24, 2.45) is 5.92 Å². The molecule has 0 aromatic heterocycles. The first kappa shape index (κ1) is 25.2. The van der Waals surface area contributed by atoms with Crippen LogP contribution in [0.4, 0.5) is 20.2 Å². The molecule has 5 nitrogen and oxygen atoms in total. The fourth-order valence-electron chi connectivity index (χ4n) is 3.68. The van der Waals surface area contributed by atoms with Crippen molar-refractivity contribution in [3.63, 3.8) is 0 Å². The Bertz CT molecular complexity index is 1410. The molecule has 4 rings (SSSR count). The smallest absolute Gasteiger partial charge is 0.257 e. The number of carbonyl (C=O) groups excluding carboxylic acids is 2. The van der Waals surface area contributed by atoms with Gasteiger partial charge in [0.05, 0.1) is 32.8 Å². The van der Waals surface area contributed by atoms with Gasteiger partial charge >= 0.3 is 0 Å². The summed E-state index contributed by atoms with van der Waals surface area (Å²) in [5.41, 5.74) is 0.761. The van der Waals surface area contributed by atoms with Crippen molar-refractivity contribution >= 4 is 69.6 Å². The van der Waals surface area contributed by atoms with Crippen LogP contribution >= 0.6 is 46.4 Å². The van der Waals surface area contributed by atoms with E-state index in [9.17, 15) is 18.4 Å². The van der Waals surface area contributed by atoms with Crippen molar-refractivity contribution in [2.45, 2.75) is 10.3 Å². The van der Waals surface area contributed by atoms with Crippen molar-refractivity contribution < 1.29 is 18.4 Å². The highest BCUT2D eigenvalue weighted by Gasteiger charge is 2.67. The number of amides is 2. The van der Waals surface area contributed by atoms with Crippen LogP contribution < -0.4 is 10.6 Å². The predicted octanol–water partition coefficient (Wildman–Crippen LogP) is 6.92. The lowest BCUT2D eigenvalue weighted by Gasteiger charge is -2.11. The summed E-state index contributed by atoms with van der Waals surface area (Å²) in [5.74, 6) is -3.93. The molecule has 11 heteroatoms. The zero-order chi connectivity index (χ0) is 25.5. The molecule has 0 heterocycles. The SMILES string of the molecule is N#Cc1cc(F)ccc1NC(=O)c1cc(NC(=O)[C@H]2[C@H](c3ccc(F)c(Cl)c3)C2(Cl)Cl)ccc1Cl. The number of nitrogens with zero attached hydrogens (tertiary/aromatic N) is 1. The number of anilines is 2. The molecule has 0 saturated heterocycles. The van der Waals surface area contributed by atoms with Crippen molar-refractivity contribution in [3.8, 4) is 6.07 Å². The molecule has 2 atom stereocenters. The number of carbonyl (C=O) groups is 2. The second-order valence-corrected chi connectivity index (χ2v) is 10.0. The maximum absolute atomic E-state index is 13.5. The second kappa shape index (κ2) is 9.63. The van der Waals surface area contributed by atoms with Gasteiger partial charge in [0.2, 0.25) is 5.91 Å². The number of rotatable bonds is 5. The van der Waals surface area contributed by atoms with Gasteiger partial charge in [0, 0.05) is 11.6 Å². The van der Waals surface area contributed by atoms with Crippen LogP contribution in [0.5, 0.6) is 0 Å². The molecule has 2 amide bonds. The van der Waals surface area contributed by atoms with E-state index in [4.69, 9.17) is 51.7 Å². The third kappa shape index (κ3) is 5.07. The van der Waals surface area contributed by atoms with Gasteiger partial charge in [-0.25, -0.2) is 8.78 Å². The molecule has 0 unspecified atom stereocenters. The lowest BCUT2D eigenvalue weighted by Crippen LogP contribution is -2.18. The minimum Gasteiger partial charge on any atom is -0.326 e. The van der Waals surface area contributed by atoms with Gasteiger partial charge < -0.3 is 10.6 Å². The van der Waals surface area contributed by atoms with Crippen LogP contribution in [0.25, 0.3) is 0 Å². The minimum absolute atomic E-state index is 0.00152. The molecular formula is C24H13Cl4F2N3O2. The molecule has 0 aliphatic heterocycles. The van der Waals surface area contributed by atoms with Crippen LogP contribution in [-0.2, 0) is 4.79 Å². The van der Waals surface area contributed by atoms with Crippen LogP contribution in [0.2, 0.25) is 10.0 Å². The molecule has 1 fully saturated rings. The highest BCUT2D eigenvalue weighted by molar-refractivity contribution is 6.53. The number of nitrogens with one attached hydrogen (secondary N) is 2. The number of benzene rings is 3. The van der Waals surface area contributed by atoms with Crippen LogP contribution in [-0.4, -0.2) is 16.1 Å². The van der Waals surface area contributed by atoms with Crippen LogP contribution in [0.1, 0.15) is 27.4 Å². The maximum Gasteiger partial charge on any atom is 0.257 e. The number of nitriles is 1. The summed E-state index contributed by atoms with van der Waals surface area (Å²) in [6.45, 7) is 0. The average molecular weight is 555 g/mol. The first-order valence-electron chi connectivity index (χ1n) is 9.97. The first-order chi connectivity index (χ1) is 16.5. The van der Waals surface area contributed by atoms with E-state index in [1.807, 2.05) is 0 Å². The number of alkyl halides is 2. The summed E-state index contributed by atoms with van der Waals surface area (Å²) in [4.78, 5) is 25.7. The summed E-state index contributed by atoms with van der Waals surface area (Å²) in [5, 5.41) is 14.3. The van der Waals surface area contributed by atoms with Crippen molar-refractivity contribution in [1.29, 1.82) is 5.26 Å². The van der Waals surface area contributed by atoms with Crippen LogP contribution in [0, 0.1) is 28.9 Å². The van der Waals surface area contributed by atoms with Crippen molar-refractivity contribution in [1.82, 2.24) is 0 Å². The molecule has 178 valence electrons. The maximum atomic E-state index is 13.5. The van der Waals surface area contributed by atoms with Gasteiger partial charge in [-0.3, -0.25) is 9.59 Å². The quantitative estimate of drug-likeness (QED) is 0.336. The molecule has 3 aromatic rings. The molecule has 0 radical (unpaired) electrons. The zero-order valence-electron chi connectivity index (χ0n) is 17.4. The fourth-order valence-corrected chi connectivity index (χ4v) is 4.90. The predicted molar refractivity (Wildman–Crippen MR) is 131 cm³/mol. The van der Waals surface area contributed by atoms with Crippen LogP contribution in [0.15, 0.2) is 54.6 Å². The molecule has 1 saturated carbocycles. The first-order valence-corrected chi connectivity index (χ1v) is 11.5. The average Bonchev–Trinajstić information content (AvgIpc) is 3.39. The standard InChI is InChI=1S/C24H13Cl4F2N3O2/c25-16-4-3-14(9-15(16)22(34)33-19-6-2-13(29)7-12(19)10-31)32-23(35)21-20(24(21,27)28)11-1-5-18(30)17(26)8-11/h1-9,20-21H,(H,32,35)(H,33,34)/t20-,21+/m0/s1. The van der Waals surface area contributed by atoms with Gasteiger partial charge in [-0.2, -0.15) is 5.26 Å².